The number of rotatable bonds is 4. The fourth-order valence-corrected chi connectivity index (χ4v) is 5.33. The highest BCUT2D eigenvalue weighted by molar-refractivity contribution is 9.10. The molecule has 4 nitrogen and oxygen atoms in total. The smallest absolute Gasteiger partial charge is 0.293 e. The molecule has 2 aromatic rings. The van der Waals surface area contributed by atoms with Crippen LogP contribution < -0.4 is 0 Å². The lowest BCUT2D eigenvalue weighted by Crippen LogP contribution is -2.34. The minimum absolute atomic E-state index is 0.171. The first-order valence-electron chi connectivity index (χ1n) is 9.63. The molecular weight excluding hydrogens is 438 g/mol. The lowest BCUT2D eigenvalue weighted by molar-refractivity contribution is -0.123. The number of nitrogens with zero attached hydrogens (tertiary/aromatic N) is 1. The average Bonchev–Trinajstić information content (AvgIpc) is 3.23. The average molecular weight is 460 g/mol. The van der Waals surface area contributed by atoms with Gasteiger partial charge in [-0.05, 0) is 67.3 Å². The van der Waals surface area contributed by atoms with E-state index < -0.39 is 0 Å². The van der Waals surface area contributed by atoms with E-state index in [1.807, 2.05) is 37.3 Å². The highest BCUT2D eigenvalue weighted by atomic mass is 79.9. The summed E-state index contributed by atoms with van der Waals surface area (Å²) >= 11 is 4.57. The normalized spacial score (nSPS) is 19.8. The first-order valence-corrected chi connectivity index (χ1v) is 11.2. The van der Waals surface area contributed by atoms with E-state index in [0.717, 1.165) is 46.0 Å². The van der Waals surface area contributed by atoms with Crippen LogP contribution >= 0.6 is 27.7 Å². The zero-order valence-corrected chi connectivity index (χ0v) is 18.1. The minimum Gasteiger partial charge on any atom is -0.457 e. The monoisotopic (exact) mass is 459 g/mol. The first kappa shape index (κ1) is 19.5. The summed E-state index contributed by atoms with van der Waals surface area (Å²) in [5.74, 6) is 1.54. The fraction of sp³-hybridized carbons (Fsp3) is 0.364. The van der Waals surface area contributed by atoms with Crippen LogP contribution in [-0.2, 0) is 4.79 Å². The van der Waals surface area contributed by atoms with Crippen molar-refractivity contribution in [3.05, 3.63) is 51.0 Å². The SMILES string of the molecule is Cc1ccc(-c2ccc(/C=C3\SC(=O)N(CC4CCCCC4)C3=O)o2)c(Br)c1. The standard InChI is InChI=1S/C22H22BrNO3S/c1-14-7-9-17(18(23)11-14)19-10-8-16(27-19)12-20-21(25)24(22(26)28-20)13-15-5-3-2-4-6-15/h7-12,15H,2-6,13H2,1H3/b20-12-. The molecule has 2 fully saturated rings. The fourth-order valence-electron chi connectivity index (χ4n) is 3.81. The Morgan fingerprint density at radius 3 is 2.71 bits per heavy atom. The van der Waals surface area contributed by atoms with Crippen molar-refractivity contribution < 1.29 is 14.0 Å². The summed E-state index contributed by atoms with van der Waals surface area (Å²) in [6, 6.07) is 9.78. The van der Waals surface area contributed by atoms with E-state index in [4.69, 9.17) is 4.42 Å². The number of hydrogen-bond acceptors (Lipinski definition) is 4. The summed E-state index contributed by atoms with van der Waals surface area (Å²) in [6.07, 6.45) is 7.54. The van der Waals surface area contributed by atoms with Gasteiger partial charge in [0.1, 0.15) is 11.5 Å². The van der Waals surface area contributed by atoms with Gasteiger partial charge in [0.2, 0.25) is 0 Å². The molecule has 1 aliphatic carbocycles. The topological polar surface area (TPSA) is 50.5 Å². The van der Waals surface area contributed by atoms with E-state index >= 15 is 0 Å². The minimum atomic E-state index is -0.199. The molecule has 0 radical (unpaired) electrons. The Kier molecular flexibility index (Phi) is 5.78. The van der Waals surface area contributed by atoms with Gasteiger partial charge in [-0.2, -0.15) is 0 Å². The molecule has 1 saturated carbocycles. The Hall–Kier alpha value is -1.79. The molecular formula is C22H22BrNO3S. The number of hydrogen-bond donors (Lipinski definition) is 0. The van der Waals surface area contributed by atoms with Crippen molar-refractivity contribution in [3.8, 4) is 11.3 Å². The van der Waals surface area contributed by atoms with Crippen LogP contribution in [0.1, 0.15) is 43.4 Å². The van der Waals surface area contributed by atoms with E-state index in [-0.39, 0.29) is 11.1 Å². The lowest BCUT2D eigenvalue weighted by Gasteiger charge is -2.25. The molecule has 0 unspecified atom stereocenters. The van der Waals surface area contributed by atoms with Gasteiger partial charge >= 0.3 is 0 Å². The Morgan fingerprint density at radius 1 is 1.18 bits per heavy atom. The summed E-state index contributed by atoms with van der Waals surface area (Å²) in [4.78, 5) is 26.9. The number of thioether (sulfide) groups is 1. The summed E-state index contributed by atoms with van der Waals surface area (Å²) in [5, 5.41) is -0.171. The zero-order chi connectivity index (χ0) is 19.7. The molecule has 1 aromatic heterocycles. The second kappa shape index (κ2) is 8.29. The van der Waals surface area contributed by atoms with E-state index in [1.165, 1.54) is 24.2 Å². The molecule has 1 saturated heterocycles. The predicted molar refractivity (Wildman–Crippen MR) is 116 cm³/mol. The number of imide groups is 1. The van der Waals surface area contributed by atoms with E-state index in [9.17, 15) is 9.59 Å². The summed E-state index contributed by atoms with van der Waals surface area (Å²) < 4.78 is 6.88. The quantitative estimate of drug-likeness (QED) is 0.481. The van der Waals surface area contributed by atoms with E-state index in [1.54, 1.807) is 6.08 Å². The third kappa shape index (κ3) is 4.13. The lowest BCUT2D eigenvalue weighted by atomic mass is 9.89. The Morgan fingerprint density at radius 2 is 1.96 bits per heavy atom. The number of furan rings is 1. The number of halogens is 1. The maximum absolute atomic E-state index is 12.7. The van der Waals surface area contributed by atoms with Gasteiger partial charge in [-0.25, -0.2) is 0 Å². The van der Waals surface area contributed by atoms with Crippen LogP contribution in [0.2, 0.25) is 0 Å². The Balaban J connectivity index is 1.50. The van der Waals surface area contributed by atoms with Crippen molar-refractivity contribution >= 4 is 44.9 Å². The second-order valence-electron chi connectivity index (χ2n) is 7.48. The van der Waals surface area contributed by atoms with Gasteiger partial charge in [-0.3, -0.25) is 14.5 Å². The van der Waals surface area contributed by atoms with Gasteiger partial charge in [0.05, 0.1) is 4.91 Å². The Bertz CT molecular complexity index is 943. The summed E-state index contributed by atoms with van der Waals surface area (Å²) in [7, 11) is 0. The van der Waals surface area contributed by atoms with E-state index in [2.05, 4.69) is 15.9 Å². The van der Waals surface area contributed by atoms with Crippen LogP contribution in [0.3, 0.4) is 0 Å². The maximum Gasteiger partial charge on any atom is 0.293 e. The molecule has 0 spiro atoms. The van der Waals surface area contributed by atoms with Crippen molar-refractivity contribution in [2.24, 2.45) is 5.92 Å². The van der Waals surface area contributed by atoms with Gasteiger partial charge < -0.3 is 4.42 Å². The molecule has 4 rings (SSSR count). The molecule has 146 valence electrons. The maximum atomic E-state index is 12.7. The number of carbonyl (C=O) groups is 2. The molecule has 2 heterocycles. The van der Waals surface area contributed by atoms with Crippen molar-refractivity contribution in [2.75, 3.05) is 6.54 Å². The van der Waals surface area contributed by atoms with Crippen LogP contribution in [0.5, 0.6) is 0 Å². The van der Waals surface area contributed by atoms with Crippen LogP contribution in [-0.4, -0.2) is 22.6 Å². The molecule has 0 N–H and O–H groups in total. The van der Waals surface area contributed by atoms with Crippen molar-refractivity contribution in [1.82, 2.24) is 4.90 Å². The Labute approximate surface area is 177 Å². The second-order valence-corrected chi connectivity index (χ2v) is 9.33. The van der Waals surface area contributed by atoms with Gasteiger partial charge in [0, 0.05) is 22.7 Å². The first-order chi connectivity index (χ1) is 13.5. The molecule has 28 heavy (non-hydrogen) atoms. The van der Waals surface area contributed by atoms with Gasteiger partial charge in [-0.1, -0.05) is 41.3 Å². The third-order valence-electron chi connectivity index (χ3n) is 5.33. The highest BCUT2D eigenvalue weighted by Crippen LogP contribution is 2.36. The highest BCUT2D eigenvalue weighted by Gasteiger charge is 2.36. The largest absolute Gasteiger partial charge is 0.457 e. The third-order valence-corrected chi connectivity index (χ3v) is 6.89. The molecule has 1 aliphatic heterocycles. The number of aryl methyl sites for hydroxylation is 1. The number of amides is 2. The summed E-state index contributed by atoms with van der Waals surface area (Å²) in [5.41, 5.74) is 2.12. The van der Waals surface area contributed by atoms with Gasteiger partial charge in [0.25, 0.3) is 11.1 Å². The predicted octanol–water partition coefficient (Wildman–Crippen LogP) is 6.63. The molecule has 0 bridgehead atoms. The van der Waals surface area contributed by atoms with Crippen LogP contribution in [0.25, 0.3) is 17.4 Å². The van der Waals surface area contributed by atoms with Crippen LogP contribution in [0.4, 0.5) is 4.79 Å². The summed E-state index contributed by atoms with van der Waals surface area (Å²) in [6.45, 7) is 2.58. The van der Waals surface area contributed by atoms with Gasteiger partial charge in [-0.15, -0.1) is 0 Å². The van der Waals surface area contributed by atoms with Crippen molar-refractivity contribution in [1.29, 1.82) is 0 Å². The number of carbonyl (C=O) groups excluding carboxylic acids is 2. The molecule has 2 amide bonds. The van der Waals surface area contributed by atoms with Gasteiger partial charge in [0.15, 0.2) is 0 Å². The van der Waals surface area contributed by atoms with Crippen LogP contribution in [0, 0.1) is 12.8 Å². The number of benzene rings is 1. The zero-order valence-electron chi connectivity index (χ0n) is 15.7. The van der Waals surface area contributed by atoms with E-state index in [0.29, 0.717) is 23.1 Å². The molecule has 6 heteroatoms. The molecule has 2 aliphatic rings. The van der Waals surface area contributed by atoms with Crippen molar-refractivity contribution in [2.45, 2.75) is 39.0 Å². The van der Waals surface area contributed by atoms with Crippen LogP contribution in [0.15, 0.2) is 44.1 Å². The van der Waals surface area contributed by atoms with Crippen molar-refractivity contribution in [3.63, 3.8) is 0 Å². The molecule has 1 aromatic carbocycles. The molecule has 0 atom stereocenters.